The van der Waals surface area contributed by atoms with Crippen LogP contribution < -0.4 is 15.0 Å². The maximum atomic E-state index is 14.8. The molecular formula is C25H33ClFN3O4. The fourth-order valence-electron chi connectivity index (χ4n) is 4.81. The van der Waals surface area contributed by atoms with Crippen molar-refractivity contribution < 1.29 is 23.4 Å². The molecule has 2 N–H and O–H groups in total. The number of halogens is 2. The molecule has 1 aliphatic carbocycles. The summed E-state index contributed by atoms with van der Waals surface area (Å²) in [5.41, 5.74) is 0.214. The standard InChI is InChI=1S/C25H33ClFN3O4/c1-5-20-21(29-24(34-20)30-11-25(6-2,12-30)13-31)23(32)28-16-9-18(26)22(19(27)10-16)33-17-7-14(3)15(4)8-17/h9-10,14-15,17,31H,5-8,11-13H2,1-4H3,(H,28,32)/t14-,15?,17?/m1/s1. The Bertz CT molecular complexity index is 1010. The Labute approximate surface area is 204 Å². The molecular weight excluding hydrogens is 461 g/mol. The van der Waals surface area contributed by atoms with Gasteiger partial charge in [0.2, 0.25) is 0 Å². The zero-order chi connectivity index (χ0) is 24.6. The van der Waals surface area contributed by atoms with Crippen LogP contribution in [0.4, 0.5) is 16.1 Å². The maximum absolute atomic E-state index is 14.8. The molecule has 0 bridgehead atoms. The molecule has 1 saturated carbocycles. The van der Waals surface area contributed by atoms with Crippen molar-refractivity contribution in [1.29, 1.82) is 0 Å². The Balaban J connectivity index is 1.46. The second kappa shape index (κ2) is 9.74. The fraction of sp³-hybridized carbons (Fsp3) is 0.600. The fourth-order valence-corrected chi connectivity index (χ4v) is 5.07. The number of carbonyl (C=O) groups is 1. The van der Waals surface area contributed by atoms with Crippen LogP contribution in [0.2, 0.25) is 5.02 Å². The molecule has 1 aromatic heterocycles. The van der Waals surface area contributed by atoms with Gasteiger partial charge in [0.25, 0.3) is 11.9 Å². The Hall–Kier alpha value is -2.32. The number of aromatic nitrogens is 1. The van der Waals surface area contributed by atoms with Gasteiger partial charge in [0.15, 0.2) is 17.3 Å². The van der Waals surface area contributed by atoms with Crippen LogP contribution in [0, 0.1) is 23.1 Å². The van der Waals surface area contributed by atoms with E-state index < -0.39 is 11.7 Å². The van der Waals surface area contributed by atoms with Crippen molar-refractivity contribution in [2.75, 3.05) is 29.9 Å². The highest BCUT2D eigenvalue weighted by Gasteiger charge is 2.43. The number of anilines is 2. The summed E-state index contributed by atoms with van der Waals surface area (Å²) in [5, 5.41) is 12.4. The summed E-state index contributed by atoms with van der Waals surface area (Å²) in [7, 11) is 0. The van der Waals surface area contributed by atoms with E-state index in [4.69, 9.17) is 20.8 Å². The molecule has 2 aromatic rings. The zero-order valence-electron chi connectivity index (χ0n) is 20.2. The minimum absolute atomic E-state index is 0.0185. The molecule has 1 aliphatic heterocycles. The van der Waals surface area contributed by atoms with Gasteiger partial charge in [-0.05, 0) is 37.2 Å². The molecule has 186 valence electrons. The molecule has 34 heavy (non-hydrogen) atoms. The van der Waals surface area contributed by atoms with Crippen LogP contribution in [0.15, 0.2) is 16.5 Å². The number of aryl methyl sites for hydroxylation is 1. The van der Waals surface area contributed by atoms with Gasteiger partial charge < -0.3 is 24.5 Å². The van der Waals surface area contributed by atoms with E-state index in [-0.39, 0.29) is 40.3 Å². The highest BCUT2D eigenvalue weighted by molar-refractivity contribution is 6.32. The first kappa shape index (κ1) is 24.8. The molecule has 7 nitrogen and oxygen atoms in total. The summed E-state index contributed by atoms with van der Waals surface area (Å²) in [4.78, 5) is 19.2. The topological polar surface area (TPSA) is 87.8 Å². The van der Waals surface area contributed by atoms with Crippen LogP contribution in [-0.2, 0) is 6.42 Å². The van der Waals surface area contributed by atoms with Gasteiger partial charge in [-0.1, -0.05) is 39.3 Å². The van der Waals surface area contributed by atoms with Crippen molar-refractivity contribution in [3.8, 4) is 5.75 Å². The number of ether oxygens (including phenoxy) is 1. The Morgan fingerprint density at radius 3 is 2.56 bits per heavy atom. The molecule has 1 saturated heterocycles. The quantitative estimate of drug-likeness (QED) is 0.518. The molecule has 2 fully saturated rings. The van der Waals surface area contributed by atoms with E-state index in [2.05, 4.69) is 24.1 Å². The summed E-state index contributed by atoms with van der Waals surface area (Å²) in [6.45, 7) is 9.57. The highest BCUT2D eigenvalue weighted by Crippen LogP contribution is 2.39. The lowest BCUT2D eigenvalue weighted by atomic mass is 9.78. The highest BCUT2D eigenvalue weighted by atomic mass is 35.5. The van der Waals surface area contributed by atoms with Gasteiger partial charge in [-0.25, -0.2) is 4.39 Å². The summed E-state index contributed by atoms with van der Waals surface area (Å²) in [6.07, 6.45) is 2.97. The molecule has 1 amide bonds. The summed E-state index contributed by atoms with van der Waals surface area (Å²) in [6, 6.07) is 3.05. The lowest BCUT2D eigenvalue weighted by Gasteiger charge is -2.48. The van der Waals surface area contributed by atoms with Crippen LogP contribution in [0.1, 0.15) is 63.2 Å². The van der Waals surface area contributed by atoms with Crippen LogP contribution in [0.5, 0.6) is 5.75 Å². The number of aliphatic hydroxyl groups excluding tert-OH is 1. The van der Waals surface area contributed by atoms with Crippen molar-refractivity contribution in [2.45, 2.75) is 59.5 Å². The number of oxazole rings is 1. The molecule has 9 heteroatoms. The summed E-state index contributed by atoms with van der Waals surface area (Å²) in [5.74, 6) is 0.380. The smallest absolute Gasteiger partial charge is 0.298 e. The maximum Gasteiger partial charge on any atom is 0.298 e. The molecule has 0 spiro atoms. The Morgan fingerprint density at radius 1 is 1.32 bits per heavy atom. The number of carbonyl (C=O) groups excluding carboxylic acids is 1. The first-order valence-corrected chi connectivity index (χ1v) is 12.4. The van der Waals surface area contributed by atoms with E-state index in [1.54, 1.807) is 0 Å². The SMILES string of the molecule is CCc1oc(N2CC(CC)(CO)C2)nc1C(=O)Nc1cc(F)c(OC2CC(C)[C@H](C)C2)c(Cl)c1. The van der Waals surface area contributed by atoms with Gasteiger partial charge in [0.05, 0.1) is 17.7 Å². The normalized spacial score (nSPS) is 23.6. The number of nitrogens with one attached hydrogen (secondary N) is 1. The van der Waals surface area contributed by atoms with Crippen molar-refractivity contribution in [1.82, 2.24) is 4.98 Å². The zero-order valence-corrected chi connectivity index (χ0v) is 20.9. The van der Waals surface area contributed by atoms with Crippen molar-refractivity contribution in [3.05, 3.63) is 34.4 Å². The van der Waals surface area contributed by atoms with E-state index in [0.29, 0.717) is 43.1 Å². The minimum atomic E-state index is -0.618. The molecule has 1 aromatic carbocycles. The van der Waals surface area contributed by atoms with Crippen LogP contribution >= 0.6 is 11.6 Å². The lowest BCUT2D eigenvalue weighted by molar-refractivity contribution is 0.0843. The van der Waals surface area contributed by atoms with Gasteiger partial charge in [-0.15, -0.1) is 0 Å². The molecule has 2 heterocycles. The molecule has 2 unspecified atom stereocenters. The van der Waals surface area contributed by atoms with E-state index in [9.17, 15) is 14.3 Å². The average molecular weight is 494 g/mol. The summed E-state index contributed by atoms with van der Waals surface area (Å²) >= 11 is 6.32. The van der Waals surface area contributed by atoms with Crippen LogP contribution in [0.3, 0.4) is 0 Å². The Morgan fingerprint density at radius 2 is 2.00 bits per heavy atom. The Kier molecular flexibility index (Phi) is 7.10. The van der Waals surface area contributed by atoms with Crippen molar-refractivity contribution >= 4 is 29.2 Å². The van der Waals surface area contributed by atoms with Crippen LogP contribution in [0.25, 0.3) is 0 Å². The first-order valence-electron chi connectivity index (χ1n) is 12.0. The largest absolute Gasteiger partial charge is 0.486 e. The van der Waals surface area contributed by atoms with E-state index in [1.807, 2.05) is 18.7 Å². The van der Waals surface area contributed by atoms with Crippen molar-refractivity contribution in [2.24, 2.45) is 17.3 Å². The predicted octanol–water partition coefficient (Wildman–Crippen LogP) is 5.30. The molecule has 3 atom stereocenters. The summed E-state index contributed by atoms with van der Waals surface area (Å²) < 4.78 is 26.5. The van der Waals surface area contributed by atoms with Gasteiger partial charge in [-0.3, -0.25) is 4.79 Å². The second-order valence-electron chi connectivity index (χ2n) is 9.88. The monoisotopic (exact) mass is 493 g/mol. The number of amides is 1. The van der Waals surface area contributed by atoms with Gasteiger partial charge in [0, 0.05) is 36.7 Å². The second-order valence-corrected chi connectivity index (χ2v) is 10.3. The number of hydrogen-bond acceptors (Lipinski definition) is 6. The van der Waals surface area contributed by atoms with Gasteiger partial charge >= 0.3 is 0 Å². The van der Waals surface area contributed by atoms with Crippen molar-refractivity contribution in [3.63, 3.8) is 0 Å². The lowest BCUT2D eigenvalue weighted by Crippen LogP contribution is -2.58. The van der Waals surface area contributed by atoms with Gasteiger partial charge in [0.1, 0.15) is 5.76 Å². The molecule has 4 rings (SSSR count). The number of nitrogens with zero attached hydrogens (tertiary/aromatic N) is 2. The third-order valence-corrected chi connectivity index (χ3v) is 7.69. The third kappa shape index (κ3) is 4.75. The third-order valence-electron chi connectivity index (χ3n) is 7.41. The van der Waals surface area contributed by atoms with E-state index >= 15 is 0 Å². The van der Waals surface area contributed by atoms with E-state index in [0.717, 1.165) is 19.3 Å². The first-order chi connectivity index (χ1) is 16.2. The molecule has 0 radical (unpaired) electrons. The van der Waals surface area contributed by atoms with Gasteiger partial charge in [-0.2, -0.15) is 4.98 Å². The average Bonchev–Trinajstić information content (AvgIpc) is 3.33. The number of hydrogen-bond donors (Lipinski definition) is 2. The predicted molar refractivity (Wildman–Crippen MR) is 129 cm³/mol. The molecule has 2 aliphatic rings. The number of aliphatic hydroxyl groups is 1. The minimum Gasteiger partial charge on any atom is -0.486 e. The number of rotatable bonds is 8. The van der Waals surface area contributed by atoms with E-state index in [1.165, 1.54) is 12.1 Å². The number of benzene rings is 1. The van der Waals surface area contributed by atoms with Crippen LogP contribution in [-0.4, -0.2) is 41.8 Å².